The average Bonchev–Trinajstić information content (AvgIpc) is 2.37. The molecular formula is C13H11ClF2N2O2S. The number of nitrogen functional groups attached to an aromatic ring is 1. The van der Waals surface area contributed by atoms with Gasteiger partial charge in [0.1, 0.15) is 16.5 Å². The molecule has 0 aliphatic carbocycles. The number of nitrogens with two attached hydrogens (primary N) is 1. The summed E-state index contributed by atoms with van der Waals surface area (Å²) in [6.45, 7) is 1.55. The average molecular weight is 333 g/mol. The quantitative estimate of drug-likeness (QED) is 0.847. The molecule has 0 saturated heterocycles. The predicted octanol–water partition coefficient (Wildman–Crippen LogP) is 3.31. The van der Waals surface area contributed by atoms with Gasteiger partial charge in [0.25, 0.3) is 10.0 Å². The Hall–Kier alpha value is -1.86. The first kappa shape index (κ1) is 15.5. The van der Waals surface area contributed by atoms with Crippen LogP contribution in [0, 0.1) is 18.6 Å². The molecule has 0 atom stereocenters. The van der Waals surface area contributed by atoms with Gasteiger partial charge in [-0.2, -0.15) is 0 Å². The van der Waals surface area contributed by atoms with Gasteiger partial charge in [-0.25, -0.2) is 17.2 Å². The van der Waals surface area contributed by atoms with E-state index in [1.54, 1.807) is 6.92 Å². The molecule has 4 nitrogen and oxygen atoms in total. The molecule has 0 fully saturated rings. The van der Waals surface area contributed by atoms with E-state index >= 15 is 0 Å². The highest BCUT2D eigenvalue weighted by Crippen LogP contribution is 2.27. The molecule has 0 spiro atoms. The molecule has 0 saturated carbocycles. The van der Waals surface area contributed by atoms with Gasteiger partial charge in [0, 0.05) is 5.69 Å². The summed E-state index contributed by atoms with van der Waals surface area (Å²) in [5, 5.41) is -0.0135. The fraction of sp³-hybridized carbons (Fsp3) is 0.0769. The molecule has 2 aromatic rings. The minimum atomic E-state index is -4.28. The number of nitrogens with one attached hydrogen (secondary N) is 1. The first-order chi connectivity index (χ1) is 9.70. The van der Waals surface area contributed by atoms with Gasteiger partial charge in [-0.1, -0.05) is 11.6 Å². The Kier molecular flexibility index (Phi) is 4.06. The molecule has 0 aliphatic rings. The van der Waals surface area contributed by atoms with Crippen LogP contribution in [0.25, 0.3) is 0 Å². The van der Waals surface area contributed by atoms with E-state index in [1.165, 1.54) is 6.07 Å². The summed E-state index contributed by atoms with van der Waals surface area (Å²) in [7, 11) is -4.28. The Balaban J connectivity index is 2.48. The largest absolute Gasteiger partial charge is 0.398 e. The third kappa shape index (κ3) is 3.25. The van der Waals surface area contributed by atoms with Crippen LogP contribution in [0.5, 0.6) is 0 Å². The summed E-state index contributed by atoms with van der Waals surface area (Å²) < 4.78 is 53.3. The maximum absolute atomic E-state index is 13.8. The van der Waals surface area contributed by atoms with E-state index in [-0.39, 0.29) is 16.4 Å². The third-order valence-corrected chi connectivity index (χ3v) is 4.49. The van der Waals surface area contributed by atoms with Gasteiger partial charge in [0.15, 0.2) is 0 Å². The van der Waals surface area contributed by atoms with Gasteiger partial charge in [-0.05, 0) is 42.8 Å². The monoisotopic (exact) mass is 332 g/mol. The van der Waals surface area contributed by atoms with Crippen LogP contribution in [-0.4, -0.2) is 8.42 Å². The molecule has 0 aromatic heterocycles. The summed E-state index contributed by atoms with van der Waals surface area (Å²) in [5.74, 6) is -1.64. The van der Waals surface area contributed by atoms with Crippen molar-refractivity contribution in [1.82, 2.24) is 0 Å². The van der Waals surface area contributed by atoms with E-state index in [1.807, 2.05) is 4.72 Å². The van der Waals surface area contributed by atoms with E-state index in [4.69, 9.17) is 17.3 Å². The molecule has 0 radical (unpaired) electrons. The Bertz CT molecular complexity index is 810. The lowest BCUT2D eigenvalue weighted by atomic mass is 10.2. The van der Waals surface area contributed by atoms with Crippen LogP contribution in [0.2, 0.25) is 5.02 Å². The summed E-state index contributed by atoms with van der Waals surface area (Å²) in [5.41, 5.74) is 5.94. The van der Waals surface area contributed by atoms with Crippen molar-refractivity contribution in [2.45, 2.75) is 11.8 Å². The second-order valence-corrected chi connectivity index (χ2v) is 6.43. The first-order valence-corrected chi connectivity index (χ1v) is 7.60. The van der Waals surface area contributed by atoms with Crippen molar-refractivity contribution in [3.63, 3.8) is 0 Å². The fourth-order valence-electron chi connectivity index (χ4n) is 1.65. The fourth-order valence-corrected chi connectivity index (χ4v) is 3.04. The van der Waals surface area contributed by atoms with Crippen LogP contribution in [0.15, 0.2) is 35.2 Å². The van der Waals surface area contributed by atoms with Crippen LogP contribution in [-0.2, 0) is 10.0 Å². The molecule has 21 heavy (non-hydrogen) atoms. The van der Waals surface area contributed by atoms with E-state index in [2.05, 4.69) is 0 Å². The molecule has 2 aromatic carbocycles. The van der Waals surface area contributed by atoms with E-state index in [0.717, 1.165) is 24.3 Å². The van der Waals surface area contributed by atoms with Crippen LogP contribution in [0.3, 0.4) is 0 Å². The van der Waals surface area contributed by atoms with Crippen LogP contribution in [0.4, 0.5) is 20.2 Å². The standard InChI is InChI=1S/C13H11ClF2N2O2S/c1-7-4-10(16)13(6-11(7)17)21(19,20)18-12-5-8(15)2-3-9(12)14/h2-6,18H,17H2,1H3. The van der Waals surface area contributed by atoms with Crippen molar-refractivity contribution >= 4 is 33.0 Å². The Labute approximate surface area is 125 Å². The van der Waals surface area contributed by atoms with Crippen molar-refractivity contribution in [3.05, 3.63) is 52.6 Å². The number of aryl methyl sites for hydroxylation is 1. The van der Waals surface area contributed by atoms with Crippen LogP contribution < -0.4 is 10.5 Å². The van der Waals surface area contributed by atoms with Gasteiger partial charge >= 0.3 is 0 Å². The van der Waals surface area contributed by atoms with Gasteiger partial charge in [0.2, 0.25) is 0 Å². The Morgan fingerprint density at radius 3 is 2.52 bits per heavy atom. The molecule has 8 heteroatoms. The summed E-state index contributed by atoms with van der Waals surface area (Å²) in [6, 6.07) is 5.17. The zero-order valence-corrected chi connectivity index (χ0v) is 12.4. The summed E-state index contributed by atoms with van der Waals surface area (Å²) in [4.78, 5) is -0.633. The van der Waals surface area contributed by atoms with E-state index < -0.39 is 26.6 Å². The zero-order chi connectivity index (χ0) is 15.8. The maximum Gasteiger partial charge on any atom is 0.264 e. The molecule has 0 amide bonds. The van der Waals surface area contributed by atoms with E-state index in [0.29, 0.717) is 5.56 Å². The molecular weight excluding hydrogens is 322 g/mol. The zero-order valence-electron chi connectivity index (χ0n) is 10.8. The SMILES string of the molecule is Cc1cc(F)c(S(=O)(=O)Nc2cc(F)ccc2Cl)cc1N. The van der Waals surface area contributed by atoms with Crippen molar-refractivity contribution in [2.75, 3.05) is 10.5 Å². The van der Waals surface area contributed by atoms with Crippen molar-refractivity contribution in [3.8, 4) is 0 Å². The topological polar surface area (TPSA) is 72.2 Å². The van der Waals surface area contributed by atoms with Gasteiger partial charge < -0.3 is 5.73 Å². The number of rotatable bonds is 3. The molecule has 0 heterocycles. The smallest absolute Gasteiger partial charge is 0.264 e. The minimum Gasteiger partial charge on any atom is -0.398 e. The lowest BCUT2D eigenvalue weighted by Gasteiger charge is -2.12. The number of benzene rings is 2. The first-order valence-electron chi connectivity index (χ1n) is 5.74. The number of sulfonamides is 1. The van der Waals surface area contributed by atoms with Crippen molar-refractivity contribution < 1.29 is 17.2 Å². The highest BCUT2D eigenvalue weighted by molar-refractivity contribution is 7.92. The molecule has 3 N–H and O–H groups in total. The molecule has 0 bridgehead atoms. The van der Waals surface area contributed by atoms with Gasteiger partial charge in [-0.3, -0.25) is 4.72 Å². The summed E-state index contributed by atoms with van der Waals surface area (Å²) >= 11 is 5.77. The minimum absolute atomic E-state index is 0.0135. The number of halogens is 3. The lowest BCUT2D eigenvalue weighted by molar-refractivity contribution is 0.570. The van der Waals surface area contributed by atoms with Gasteiger partial charge in [-0.15, -0.1) is 0 Å². The molecule has 2 rings (SSSR count). The normalized spacial score (nSPS) is 11.4. The second kappa shape index (κ2) is 5.50. The van der Waals surface area contributed by atoms with Crippen molar-refractivity contribution in [1.29, 1.82) is 0 Å². The van der Waals surface area contributed by atoms with Crippen molar-refractivity contribution in [2.24, 2.45) is 0 Å². The molecule has 112 valence electrons. The highest BCUT2D eigenvalue weighted by atomic mass is 35.5. The Morgan fingerprint density at radius 2 is 1.86 bits per heavy atom. The molecule has 0 aliphatic heterocycles. The lowest BCUT2D eigenvalue weighted by Crippen LogP contribution is -2.15. The summed E-state index contributed by atoms with van der Waals surface area (Å²) in [6.07, 6.45) is 0. The predicted molar refractivity (Wildman–Crippen MR) is 77.8 cm³/mol. The number of anilines is 2. The number of hydrogen-bond acceptors (Lipinski definition) is 3. The Morgan fingerprint density at radius 1 is 1.19 bits per heavy atom. The third-order valence-electron chi connectivity index (χ3n) is 2.78. The van der Waals surface area contributed by atoms with Crippen LogP contribution in [0.1, 0.15) is 5.56 Å². The second-order valence-electron chi connectivity index (χ2n) is 4.37. The van der Waals surface area contributed by atoms with Gasteiger partial charge in [0.05, 0.1) is 10.7 Å². The van der Waals surface area contributed by atoms with Crippen LogP contribution >= 0.6 is 11.6 Å². The van der Waals surface area contributed by atoms with E-state index in [9.17, 15) is 17.2 Å². The maximum atomic E-state index is 13.8. The highest BCUT2D eigenvalue weighted by Gasteiger charge is 2.21. The number of hydrogen-bond donors (Lipinski definition) is 2. The molecule has 0 unspecified atom stereocenters.